The molecule has 0 aliphatic rings. The summed E-state index contributed by atoms with van der Waals surface area (Å²) in [7, 11) is -3.41. The number of hydrogen-bond acceptors (Lipinski definition) is 3. The fourth-order valence-electron chi connectivity index (χ4n) is 0.224. The van der Waals surface area contributed by atoms with E-state index in [-0.39, 0.29) is 0 Å². The zero-order valence-corrected chi connectivity index (χ0v) is 5.73. The highest BCUT2D eigenvalue weighted by Gasteiger charge is 2.01. The predicted molar refractivity (Wildman–Crippen MR) is 33.2 cm³/mol. The van der Waals surface area contributed by atoms with Crippen molar-refractivity contribution < 1.29 is 13.2 Å². The van der Waals surface area contributed by atoms with Crippen molar-refractivity contribution in [3.63, 3.8) is 0 Å². The second-order valence-electron chi connectivity index (χ2n) is 1.44. The summed E-state index contributed by atoms with van der Waals surface area (Å²) in [5.41, 5.74) is 0. The highest BCUT2D eigenvalue weighted by Crippen LogP contribution is 1.73. The van der Waals surface area contributed by atoms with E-state index in [4.69, 9.17) is 0 Å². The quantitative estimate of drug-likeness (QED) is 0.525. The van der Waals surface area contributed by atoms with E-state index in [0.29, 0.717) is 0 Å². The minimum Gasteiger partial charge on any atom is -0.269 e. The van der Waals surface area contributed by atoms with Crippen LogP contribution in [0.3, 0.4) is 0 Å². The number of hydrogen-bond donors (Lipinski definition) is 1. The first-order valence-electron chi connectivity index (χ1n) is 2.10. The van der Waals surface area contributed by atoms with Gasteiger partial charge in [0.1, 0.15) is 0 Å². The fraction of sp³-hybridized carbons (Fsp3) is 0.250. The summed E-state index contributed by atoms with van der Waals surface area (Å²) in [5, 5.41) is 0. The second-order valence-corrected chi connectivity index (χ2v) is 3.19. The SMILES string of the molecule is C=CC(=O)NS(C)(=O)=O. The predicted octanol–water partition coefficient (Wildman–Crippen LogP) is -0.752. The number of nitrogens with one attached hydrogen (secondary N) is 1. The van der Waals surface area contributed by atoms with Crippen molar-refractivity contribution >= 4 is 15.9 Å². The van der Waals surface area contributed by atoms with Gasteiger partial charge in [-0.05, 0) is 6.08 Å². The maximum atomic E-state index is 10.2. The minimum absolute atomic E-state index is 0.711. The van der Waals surface area contributed by atoms with Gasteiger partial charge in [0.25, 0.3) is 5.91 Å². The summed E-state index contributed by atoms with van der Waals surface area (Å²) in [5.74, 6) is -0.711. The van der Waals surface area contributed by atoms with Gasteiger partial charge in [-0.2, -0.15) is 0 Å². The van der Waals surface area contributed by atoms with Gasteiger partial charge < -0.3 is 0 Å². The lowest BCUT2D eigenvalue weighted by Crippen LogP contribution is -2.27. The van der Waals surface area contributed by atoms with Crippen LogP contribution in [0.15, 0.2) is 12.7 Å². The topological polar surface area (TPSA) is 63.2 Å². The smallest absolute Gasteiger partial charge is 0.256 e. The molecular formula is C4H7NO3S. The number of amides is 1. The Morgan fingerprint density at radius 2 is 2.11 bits per heavy atom. The molecule has 1 amide bonds. The summed E-state index contributed by atoms with van der Waals surface area (Å²) in [6, 6.07) is 0. The van der Waals surface area contributed by atoms with E-state index < -0.39 is 15.9 Å². The standard InChI is InChI=1S/C4H7NO3S/c1-3-4(6)5-9(2,7)8/h3H,1H2,2H3,(H,5,6). The Hall–Kier alpha value is -0.840. The summed E-state index contributed by atoms with van der Waals surface area (Å²) in [4.78, 5) is 10.2. The van der Waals surface area contributed by atoms with Crippen LogP contribution in [-0.2, 0) is 14.8 Å². The van der Waals surface area contributed by atoms with E-state index in [2.05, 4.69) is 6.58 Å². The van der Waals surface area contributed by atoms with Crippen LogP contribution in [0.4, 0.5) is 0 Å². The van der Waals surface area contributed by atoms with Crippen molar-refractivity contribution in [3.8, 4) is 0 Å². The summed E-state index contributed by atoms with van der Waals surface area (Å²) in [6.07, 6.45) is 1.79. The maximum Gasteiger partial charge on any atom is 0.256 e. The zero-order valence-electron chi connectivity index (χ0n) is 4.92. The first-order chi connectivity index (χ1) is 3.95. The first kappa shape index (κ1) is 8.16. The summed E-state index contributed by atoms with van der Waals surface area (Å²) in [6.45, 7) is 3.07. The molecule has 5 heteroatoms. The van der Waals surface area contributed by atoms with Crippen molar-refractivity contribution in [2.24, 2.45) is 0 Å². The van der Waals surface area contributed by atoms with Crippen molar-refractivity contribution in [1.82, 2.24) is 4.72 Å². The number of carbonyl (C=O) groups is 1. The maximum absolute atomic E-state index is 10.2. The second kappa shape index (κ2) is 2.63. The highest BCUT2D eigenvalue weighted by atomic mass is 32.2. The van der Waals surface area contributed by atoms with E-state index in [1.807, 2.05) is 0 Å². The minimum atomic E-state index is -3.41. The molecule has 0 aliphatic carbocycles. The molecule has 0 spiro atoms. The van der Waals surface area contributed by atoms with Crippen LogP contribution >= 0.6 is 0 Å². The molecular weight excluding hydrogens is 142 g/mol. The molecule has 0 bridgehead atoms. The Kier molecular flexibility index (Phi) is 2.39. The van der Waals surface area contributed by atoms with E-state index in [0.717, 1.165) is 12.3 Å². The van der Waals surface area contributed by atoms with Gasteiger partial charge >= 0.3 is 0 Å². The van der Waals surface area contributed by atoms with Gasteiger partial charge in [-0.3, -0.25) is 4.79 Å². The lowest BCUT2D eigenvalue weighted by Gasteiger charge is -1.94. The monoisotopic (exact) mass is 149 g/mol. The number of rotatable bonds is 2. The third kappa shape index (κ3) is 5.02. The molecule has 0 atom stereocenters. The van der Waals surface area contributed by atoms with E-state index in [1.54, 1.807) is 4.72 Å². The molecule has 0 radical (unpaired) electrons. The third-order valence-corrected chi connectivity index (χ3v) is 1.04. The molecule has 4 nitrogen and oxygen atoms in total. The molecule has 9 heavy (non-hydrogen) atoms. The van der Waals surface area contributed by atoms with E-state index in [9.17, 15) is 13.2 Å². The van der Waals surface area contributed by atoms with Crippen LogP contribution in [0, 0.1) is 0 Å². The van der Waals surface area contributed by atoms with Crippen molar-refractivity contribution in [2.45, 2.75) is 0 Å². The van der Waals surface area contributed by atoms with Gasteiger partial charge in [-0.15, -0.1) is 0 Å². The van der Waals surface area contributed by atoms with Crippen LogP contribution in [0.1, 0.15) is 0 Å². The Balaban J connectivity index is 4.06. The Labute approximate surface area is 53.6 Å². The lowest BCUT2D eigenvalue weighted by atomic mass is 10.6. The van der Waals surface area contributed by atoms with Gasteiger partial charge in [0, 0.05) is 0 Å². The van der Waals surface area contributed by atoms with Crippen molar-refractivity contribution in [1.29, 1.82) is 0 Å². The lowest BCUT2D eigenvalue weighted by molar-refractivity contribution is -0.114. The van der Waals surface area contributed by atoms with Gasteiger partial charge in [-0.1, -0.05) is 6.58 Å². The van der Waals surface area contributed by atoms with Gasteiger partial charge in [0.2, 0.25) is 10.0 Å². The van der Waals surface area contributed by atoms with Gasteiger partial charge in [0.15, 0.2) is 0 Å². The first-order valence-corrected chi connectivity index (χ1v) is 3.99. The van der Waals surface area contributed by atoms with Crippen molar-refractivity contribution in [2.75, 3.05) is 6.26 Å². The van der Waals surface area contributed by atoms with Crippen LogP contribution in [0.2, 0.25) is 0 Å². The molecule has 0 rings (SSSR count). The third-order valence-electron chi connectivity index (χ3n) is 0.471. The molecule has 52 valence electrons. The van der Waals surface area contributed by atoms with E-state index >= 15 is 0 Å². The molecule has 0 saturated heterocycles. The summed E-state index contributed by atoms with van der Waals surface area (Å²) >= 11 is 0. The average molecular weight is 149 g/mol. The summed E-state index contributed by atoms with van der Waals surface area (Å²) < 4.78 is 22.1. The van der Waals surface area contributed by atoms with Gasteiger partial charge in [-0.25, -0.2) is 13.1 Å². The van der Waals surface area contributed by atoms with Crippen LogP contribution in [0.5, 0.6) is 0 Å². The molecule has 0 aromatic heterocycles. The zero-order chi connectivity index (χ0) is 7.49. The molecule has 0 aliphatic heterocycles. The largest absolute Gasteiger partial charge is 0.269 e. The number of carbonyl (C=O) groups excluding carboxylic acids is 1. The Morgan fingerprint density at radius 1 is 1.67 bits per heavy atom. The van der Waals surface area contributed by atoms with Crippen LogP contribution in [0.25, 0.3) is 0 Å². The highest BCUT2D eigenvalue weighted by molar-refractivity contribution is 7.89. The fourth-order valence-corrected chi connectivity index (χ4v) is 0.673. The van der Waals surface area contributed by atoms with Crippen LogP contribution < -0.4 is 4.72 Å². The average Bonchev–Trinajstić information content (AvgIpc) is 1.62. The Bertz CT molecular complexity index is 216. The molecule has 0 saturated carbocycles. The van der Waals surface area contributed by atoms with E-state index in [1.165, 1.54) is 0 Å². The number of sulfonamides is 1. The van der Waals surface area contributed by atoms with Gasteiger partial charge in [0.05, 0.1) is 6.26 Å². The normalized spacial score (nSPS) is 10.3. The molecule has 0 aromatic rings. The van der Waals surface area contributed by atoms with Crippen molar-refractivity contribution in [3.05, 3.63) is 12.7 Å². The molecule has 0 fully saturated rings. The molecule has 0 unspecified atom stereocenters. The molecule has 1 N–H and O–H groups in total. The Morgan fingerprint density at radius 3 is 2.22 bits per heavy atom. The molecule has 0 aromatic carbocycles. The molecule has 0 heterocycles. The van der Waals surface area contributed by atoms with Crippen LogP contribution in [-0.4, -0.2) is 20.6 Å².